The van der Waals surface area contributed by atoms with Gasteiger partial charge < -0.3 is 4.74 Å². The van der Waals surface area contributed by atoms with Crippen molar-refractivity contribution >= 4 is 35.2 Å². The van der Waals surface area contributed by atoms with Crippen LogP contribution in [0.5, 0.6) is 5.75 Å². The molecule has 94 valence electrons. The van der Waals surface area contributed by atoms with E-state index in [1.165, 1.54) is 9.13 Å². The fraction of sp³-hybridized carbons (Fsp3) is 0.200. The molecule has 1 atom stereocenters. The molecule has 0 saturated carbocycles. The lowest BCUT2D eigenvalue weighted by Gasteiger charge is -2.16. The molecule has 0 radical (unpaired) electrons. The molecule has 0 amide bonds. The van der Waals surface area contributed by atoms with Crippen LogP contribution in [0, 0.1) is 3.57 Å². The van der Waals surface area contributed by atoms with Crippen molar-refractivity contribution in [3.63, 3.8) is 0 Å². The van der Waals surface area contributed by atoms with Crippen LogP contribution in [0.4, 0.5) is 0 Å². The maximum absolute atomic E-state index is 5.84. The number of benzene rings is 2. The second-order valence-electron chi connectivity index (χ2n) is 4.06. The summed E-state index contributed by atoms with van der Waals surface area (Å²) in [5, 5.41) is 0. The van der Waals surface area contributed by atoms with Crippen molar-refractivity contribution in [2.45, 2.75) is 5.92 Å². The zero-order chi connectivity index (χ0) is 12.8. The van der Waals surface area contributed by atoms with Crippen LogP contribution in [0.2, 0.25) is 0 Å². The fourth-order valence-corrected chi connectivity index (χ4v) is 2.56. The van der Waals surface area contributed by atoms with Crippen LogP contribution in [0.1, 0.15) is 11.5 Å². The first-order chi connectivity index (χ1) is 8.79. The number of rotatable bonds is 5. The Bertz CT molecular complexity index is 487. The minimum Gasteiger partial charge on any atom is -0.493 e. The fourth-order valence-electron chi connectivity index (χ4n) is 1.73. The van der Waals surface area contributed by atoms with Crippen LogP contribution in [0.3, 0.4) is 0 Å². The van der Waals surface area contributed by atoms with E-state index in [9.17, 15) is 0 Å². The van der Waals surface area contributed by atoms with E-state index in [-0.39, 0.29) is 0 Å². The number of thiol groups is 1. The second-order valence-corrected chi connectivity index (χ2v) is 5.67. The summed E-state index contributed by atoms with van der Waals surface area (Å²) in [6.07, 6.45) is 0. The smallest absolute Gasteiger partial charge is 0.120 e. The summed E-state index contributed by atoms with van der Waals surface area (Å²) >= 11 is 6.70. The summed E-state index contributed by atoms with van der Waals surface area (Å²) in [5.41, 5.74) is 1.28. The lowest BCUT2D eigenvalue weighted by molar-refractivity contribution is 0.297. The van der Waals surface area contributed by atoms with Gasteiger partial charge in [0.2, 0.25) is 0 Å². The Morgan fingerprint density at radius 1 is 1.06 bits per heavy atom. The third-order valence-electron chi connectivity index (χ3n) is 2.74. The maximum atomic E-state index is 5.84. The average molecular weight is 370 g/mol. The first-order valence-corrected chi connectivity index (χ1v) is 7.55. The molecule has 0 aliphatic rings. The van der Waals surface area contributed by atoms with Crippen molar-refractivity contribution in [2.24, 2.45) is 0 Å². The zero-order valence-electron chi connectivity index (χ0n) is 9.92. The molecule has 2 aromatic carbocycles. The Morgan fingerprint density at radius 3 is 2.50 bits per heavy atom. The minimum absolute atomic E-state index is 0.326. The molecule has 1 unspecified atom stereocenters. The van der Waals surface area contributed by atoms with Gasteiger partial charge in [-0.05, 0) is 46.4 Å². The molecule has 2 rings (SSSR count). The highest BCUT2D eigenvalue weighted by atomic mass is 127. The van der Waals surface area contributed by atoms with Gasteiger partial charge in [0.25, 0.3) is 0 Å². The summed E-state index contributed by atoms with van der Waals surface area (Å²) in [6.45, 7) is 0.660. The molecule has 0 heterocycles. The summed E-state index contributed by atoms with van der Waals surface area (Å²) in [4.78, 5) is 0. The van der Waals surface area contributed by atoms with Crippen LogP contribution >= 0.6 is 35.2 Å². The SMILES string of the molecule is SCC(COc1cccc(I)c1)c1ccccc1. The number of halogens is 1. The van der Waals surface area contributed by atoms with E-state index in [0.29, 0.717) is 12.5 Å². The monoisotopic (exact) mass is 370 g/mol. The van der Waals surface area contributed by atoms with Gasteiger partial charge >= 0.3 is 0 Å². The molecule has 0 spiro atoms. The third kappa shape index (κ3) is 3.92. The molecule has 0 bridgehead atoms. The van der Waals surface area contributed by atoms with Gasteiger partial charge in [-0.1, -0.05) is 36.4 Å². The predicted molar refractivity (Wildman–Crippen MR) is 87.7 cm³/mol. The maximum Gasteiger partial charge on any atom is 0.120 e. The van der Waals surface area contributed by atoms with Gasteiger partial charge in [-0.3, -0.25) is 0 Å². The standard InChI is InChI=1S/C15H15IOS/c16-14-7-4-8-15(9-14)17-10-13(11-18)12-5-2-1-3-6-12/h1-9,13,18H,10-11H2. The first kappa shape index (κ1) is 13.7. The molecule has 0 saturated heterocycles. The van der Waals surface area contributed by atoms with Gasteiger partial charge in [-0.15, -0.1) is 0 Å². The van der Waals surface area contributed by atoms with Crippen LogP contribution in [0.25, 0.3) is 0 Å². The highest BCUT2D eigenvalue weighted by Crippen LogP contribution is 2.20. The Kier molecular flexibility index (Phi) is 5.38. The molecular formula is C15H15IOS. The Morgan fingerprint density at radius 2 is 1.83 bits per heavy atom. The van der Waals surface area contributed by atoms with Crippen molar-refractivity contribution < 1.29 is 4.74 Å². The Balaban J connectivity index is 2.00. The van der Waals surface area contributed by atoms with Crippen LogP contribution in [0.15, 0.2) is 54.6 Å². The van der Waals surface area contributed by atoms with E-state index in [0.717, 1.165) is 11.5 Å². The molecule has 0 fully saturated rings. The molecule has 1 nitrogen and oxygen atoms in total. The van der Waals surface area contributed by atoms with E-state index in [1.54, 1.807) is 0 Å². The van der Waals surface area contributed by atoms with Crippen molar-refractivity contribution in [3.05, 3.63) is 63.7 Å². The van der Waals surface area contributed by atoms with Gasteiger partial charge in [-0.25, -0.2) is 0 Å². The normalized spacial score (nSPS) is 12.1. The largest absolute Gasteiger partial charge is 0.493 e. The molecule has 0 aliphatic heterocycles. The van der Waals surface area contributed by atoms with Gasteiger partial charge in [0.1, 0.15) is 5.75 Å². The third-order valence-corrected chi connectivity index (χ3v) is 3.85. The molecule has 18 heavy (non-hydrogen) atoms. The van der Waals surface area contributed by atoms with Gasteiger partial charge in [0.05, 0.1) is 6.61 Å². The van der Waals surface area contributed by atoms with Gasteiger partial charge in [-0.2, -0.15) is 12.6 Å². The van der Waals surface area contributed by atoms with E-state index >= 15 is 0 Å². The molecule has 0 N–H and O–H groups in total. The van der Waals surface area contributed by atoms with Crippen molar-refractivity contribution in [1.82, 2.24) is 0 Å². The highest BCUT2D eigenvalue weighted by Gasteiger charge is 2.10. The topological polar surface area (TPSA) is 9.23 Å². The Hall–Kier alpha value is -0.680. The van der Waals surface area contributed by atoms with Gasteiger partial charge in [0.15, 0.2) is 0 Å². The van der Waals surface area contributed by atoms with Gasteiger partial charge in [0, 0.05) is 15.2 Å². The van der Waals surface area contributed by atoms with Crippen molar-refractivity contribution in [1.29, 1.82) is 0 Å². The molecule has 0 aromatic heterocycles. The zero-order valence-corrected chi connectivity index (χ0v) is 13.0. The summed E-state index contributed by atoms with van der Waals surface area (Å²) in [5.74, 6) is 2.03. The first-order valence-electron chi connectivity index (χ1n) is 5.84. The van der Waals surface area contributed by atoms with E-state index in [1.807, 2.05) is 24.3 Å². The lowest BCUT2D eigenvalue weighted by atomic mass is 10.0. The number of hydrogen-bond acceptors (Lipinski definition) is 2. The molecule has 0 aliphatic carbocycles. The second kappa shape index (κ2) is 7.04. The molecule has 2 aromatic rings. The predicted octanol–water partition coefficient (Wildman–Crippen LogP) is 4.38. The summed E-state index contributed by atoms with van der Waals surface area (Å²) in [6, 6.07) is 18.5. The van der Waals surface area contributed by atoms with Crippen LogP contribution in [-0.2, 0) is 0 Å². The van der Waals surface area contributed by atoms with E-state index < -0.39 is 0 Å². The van der Waals surface area contributed by atoms with Crippen LogP contribution in [-0.4, -0.2) is 12.4 Å². The quantitative estimate of drug-likeness (QED) is 0.607. The van der Waals surface area contributed by atoms with Crippen molar-refractivity contribution in [2.75, 3.05) is 12.4 Å². The number of ether oxygens (including phenoxy) is 1. The van der Waals surface area contributed by atoms with E-state index in [2.05, 4.69) is 65.6 Å². The molecule has 3 heteroatoms. The van der Waals surface area contributed by atoms with Crippen LogP contribution < -0.4 is 4.74 Å². The Labute approximate surface area is 127 Å². The number of hydrogen-bond donors (Lipinski definition) is 1. The summed E-state index contributed by atoms with van der Waals surface area (Å²) < 4.78 is 7.03. The van der Waals surface area contributed by atoms with E-state index in [4.69, 9.17) is 4.74 Å². The lowest BCUT2D eigenvalue weighted by Crippen LogP contribution is -2.11. The molecular weight excluding hydrogens is 355 g/mol. The summed E-state index contributed by atoms with van der Waals surface area (Å²) in [7, 11) is 0. The average Bonchev–Trinajstić information content (AvgIpc) is 2.41. The highest BCUT2D eigenvalue weighted by molar-refractivity contribution is 14.1. The minimum atomic E-state index is 0.326. The van der Waals surface area contributed by atoms with Crippen molar-refractivity contribution in [3.8, 4) is 5.75 Å².